The molecule has 3 aromatic rings. The summed E-state index contributed by atoms with van der Waals surface area (Å²) in [5.41, 5.74) is 0.272. The number of anilines is 1. The predicted octanol–water partition coefficient (Wildman–Crippen LogP) is 1.51. The first-order chi connectivity index (χ1) is 10.2. The first-order valence-corrected chi connectivity index (χ1v) is 6.19. The number of imidazole rings is 1. The van der Waals surface area contributed by atoms with Crippen molar-refractivity contribution in [3.05, 3.63) is 52.6 Å². The molecule has 0 aliphatic carbocycles. The van der Waals surface area contributed by atoms with Gasteiger partial charge in [-0.25, -0.2) is 4.98 Å². The highest BCUT2D eigenvalue weighted by molar-refractivity contribution is 6.04. The Bertz CT molecular complexity index is 852. The predicted molar refractivity (Wildman–Crippen MR) is 77.7 cm³/mol. The monoisotopic (exact) mass is 284 g/mol. The van der Waals surface area contributed by atoms with Gasteiger partial charge in [0.2, 0.25) is 11.4 Å². The first-order valence-electron chi connectivity index (χ1n) is 6.19. The van der Waals surface area contributed by atoms with E-state index < -0.39 is 5.91 Å². The first kappa shape index (κ1) is 12.9. The number of amides is 1. The van der Waals surface area contributed by atoms with Crippen molar-refractivity contribution in [2.24, 2.45) is 0 Å². The van der Waals surface area contributed by atoms with E-state index in [2.05, 4.69) is 20.3 Å². The van der Waals surface area contributed by atoms with Crippen LogP contribution in [0.5, 0.6) is 5.75 Å². The summed E-state index contributed by atoms with van der Waals surface area (Å²) in [5, 5.41) is 2.94. The molecule has 0 saturated carbocycles. The van der Waals surface area contributed by atoms with Crippen LogP contribution in [0, 0.1) is 0 Å². The van der Waals surface area contributed by atoms with Crippen LogP contribution in [0.1, 0.15) is 10.4 Å². The molecule has 7 nitrogen and oxygen atoms in total. The second kappa shape index (κ2) is 5.12. The molecule has 1 aromatic carbocycles. The highest BCUT2D eigenvalue weighted by atomic mass is 16.5. The van der Waals surface area contributed by atoms with Gasteiger partial charge in [-0.2, -0.15) is 0 Å². The van der Waals surface area contributed by atoms with Crippen LogP contribution in [-0.2, 0) is 0 Å². The van der Waals surface area contributed by atoms with E-state index in [0.29, 0.717) is 16.7 Å². The standard InChI is InChI=1S/C14H12N4O3/c1-21-8-2-3-9-11(6-8)17-7-10(12(9)19)13(20)18-14-15-4-5-16-14/h2-7H,1H3,(H,17,19)(H2,15,16,18,20). The van der Waals surface area contributed by atoms with Gasteiger partial charge in [-0.15, -0.1) is 0 Å². The molecule has 0 atom stereocenters. The normalized spacial score (nSPS) is 10.5. The molecule has 0 saturated heterocycles. The number of hydrogen-bond donors (Lipinski definition) is 3. The van der Waals surface area contributed by atoms with Crippen molar-refractivity contribution in [3.8, 4) is 5.75 Å². The number of hydrogen-bond acceptors (Lipinski definition) is 4. The molecule has 2 heterocycles. The van der Waals surface area contributed by atoms with Crippen molar-refractivity contribution in [2.45, 2.75) is 0 Å². The van der Waals surface area contributed by atoms with Gasteiger partial charge in [-0.1, -0.05) is 0 Å². The van der Waals surface area contributed by atoms with Crippen LogP contribution >= 0.6 is 0 Å². The van der Waals surface area contributed by atoms with E-state index in [0.717, 1.165) is 0 Å². The molecule has 7 heteroatoms. The van der Waals surface area contributed by atoms with Gasteiger partial charge in [0, 0.05) is 30.0 Å². The average molecular weight is 284 g/mol. The zero-order chi connectivity index (χ0) is 14.8. The summed E-state index contributed by atoms with van der Waals surface area (Å²) in [7, 11) is 1.55. The number of fused-ring (bicyclic) bond motifs is 1. The number of rotatable bonds is 3. The maximum atomic E-state index is 12.3. The number of benzene rings is 1. The summed E-state index contributed by atoms with van der Waals surface area (Å²) < 4.78 is 5.10. The van der Waals surface area contributed by atoms with Crippen LogP contribution in [0.2, 0.25) is 0 Å². The highest BCUT2D eigenvalue weighted by Gasteiger charge is 2.14. The molecule has 0 bridgehead atoms. The van der Waals surface area contributed by atoms with Crippen molar-refractivity contribution >= 4 is 22.8 Å². The van der Waals surface area contributed by atoms with Gasteiger partial charge < -0.3 is 14.7 Å². The summed E-state index contributed by atoms with van der Waals surface area (Å²) >= 11 is 0. The third kappa shape index (κ3) is 2.36. The van der Waals surface area contributed by atoms with Gasteiger partial charge in [0.05, 0.1) is 12.6 Å². The van der Waals surface area contributed by atoms with Gasteiger partial charge in [0.15, 0.2) is 0 Å². The molecule has 3 rings (SSSR count). The zero-order valence-corrected chi connectivity index (χ0v) is 11.1. The van der Waals surface area contributed by atoms with Crippen molar-refractivity contribution in [2.75, 3.05) is 12.4 Å². The highest BCUT2D eigenvalue weighted by Crippen LogP contribution is 2.16. The number of aromatic nitrogens is 3. The minimum atomic E-state index is -0.524. The Hall–Kier alpha value is -3.09. The van der Waals surface area contributed by atoms with E-state index in [1.54, 1.807) is 31.5 Å². The number of aromatic amines is 2. The van der Waals surface area contributed by atoms with Crippen molar-refractivity contribution < 1.29 is 9.53 Å². The Balaban J connectivity index is 2.02. The second-order valence-corrected chi connectivity index (χ2v) is 4.33. The van der Waals surface area contributed by atoms with Crippen LogP contribution in [0.15, 0.2) is 41.6 Å². The molecular weight excluding hydrogens is 272 g/mol. The number of carbonyl (C=O) groups is 1. The molecule has 0 unspecified atom stereocenters. The Morgan fingerprint density at radius 2 is 2.19 bits per heavy atom. The summed E-state index contributed by atoms with van der Waals surface area (Å²) in [6.45, 7) is 0. The number of nitrogens with one attached hydrogen (secondary N) is 3. The lowest BCUT2D eigenvalue weighted by Gasteiger charge is -2.05. The van der Waals surface area contributed by atoms with Gasteiger partial charge >= 0.3 is 0 Å². The lowest BCUT2D eigenvalue weighted by Crippen LogP contribution is -2.22. The molecule has 2 aromatic heterocycles. The Kier molecular flexibility index (Phi) is 3.15. The smallest absolute Gasteiger partial charge is 0.263 e. The summed E-state index contributed by atoms with van der Waals surface area (Å²) in [5.74, 6) is 0.393. The molecule has 0 fully saturated rings. The van der Waals surface area contributed by atoms with Crippen molar-refractivity contribution in [1.82, 2.24) is 15.0 Å². The lowest BCUT2D eigenvalue weighted by atomic mass is 10.1. The number of ether oxygens (including phenoxy) is 1. The zero-order valence-electron chi connectivity index (χ0n) is 11.1. The van der Waals surface area contributed by atoms with Gasteiger partial charge in [0.25, 0.3) is 5.91 Å². The fraction of sp³-hybridized carbons (Fsp3) is 0.0714. The topological polar surface area (TPSA) is 99.9 Å². The summed E-state index contributed by atoms with van der Waals surface area (Å²) in [6, 6.07) is 4.99. The Morgan fingerprint density at radius 3 is 2.90 bits per heavy atom. The quantitative estimate of drug-likeness (QED) is 0.678. The van der Waals surface area contributed by atoms with Crippen molar-refractivity contribution in [1.29, 1.82) is 0 Å². The van der Waals surface area contributed by atoms with Crippen LogP contribution in [-0.4, -0.2) is 28.0 Å². The average Bonchev–Trinajstić information content (AvgIpc) is 3.00. The summed E-state index contributed by atoms with van der Waals surface area (Å²) in [4.78, 5) is 34.0. The minimum absolute atomic E-state index is 0.0177. The van der Waals surface area contributed by atoms with Crippen LogP contribution in [0.4, 0.5) is 5.95 Å². The molecule has 21 heavy (non-hydrogen) atoms. The molecule has 106 valence electrons. The van der Waals surface area contributed by atoms with E-state index in [-0.39, 0.29) is 16.9 Å². The van der Waals surface area contributed by atoms with E-state index in [9.17, 15) is 9.59 Å². The number of pyridine rings is 1. The lowest BCUT2D eigenvalue weighted by molar-refractivity contribution is 0.102. The third-order valence-corrected chi connectivity index (χ3v) is 3.06. The largest absolute Gasteiger partial charge is 0.497 e. The van der Waals surface area contributed by atoms with E-state index in [1.807, 2.05) is 0 Å². The molecular formula is C14H12N4O3. The van der Waals surface area contributed by atoms with Crippen molar-refractivity contribution in [3.63, 3.8) is 0 Å². The number of methoxy groups -OCH3 is 1. The second-order valence-electron chi connectivity index (χ2n) is 4.33. The Labute approximate surface area is 119 Å². The van der Waals surface area contributed by atoms with E-state index in [4.69, 9.17) is 4.74 Å². The Morgan fingerprint density at radius 1 is 1.33 bits per heavy atom. The van der Waals surface area contributed by atoms with Crippen LogP contribution in [0.25, 0.3) is 10.9 Å². The van der Waals surface area contributed by atoms with E-state index in [1.165, 1.54) is 12.4 Å². The SMILES string of the molecule is COc1ccc2c(=O)c(C(=O)Nc3ncc[nH]3)c[nH]c2c1. The number of H-pyrrole nitrogens is 2. The fourth-order valence-electron chi connectivity index (χ4n) is 2.01. The van der Waals surface area contributed by atoms with Crippen LogP contribution in [0.3, 0.4) is 0 Å². The molecule has 0 aliphatic rings. The number of carbonyl (C=O) groups excluding carboxylic acids is 1. The third-order valence-electron chi connectivity index (χ3n) is 3.06. The molecule has 3 N–H and O–H groups in total. The molecule has 0 aliphatic heterocycles. The molecule has 1 amide bonds. The van der Waals surface area contributed by atoms with Gasteiger partial charge in [-0.3, -0.25) is 14.9 Å². The van der Waals surface area contributed by atoms with Gasteiger partial charge in [0.1, 0.15) is 11.3 Å². The maximum absolute atomic E-state index is 12.3. The molecule has 0 radical (unpaired) electrons. The van der Waals surface area contributed by atoms with Crippen LogP contribution < -0.4 is 15.5 Å². The number of nitrogens with zero attached hydrogens (tertiary/aromatic N) is 1. The minimum Gasteiger partial charge on any atom is -0.497 e. The molecule has 0 spiro atoms. The summed E-state index contributed by atoms with van der Waals surface area (Å²) in [6.07, 6.45) is 4.46. The maximum Gasteiger partial charge on any atom is 0.263 e. The fourth-order valence-corrected chi connectivity index (χ4v) is 2.01. The van der Waals surface area contributed by atoms with Gasteiger partial charge in [-0.05, 0) is 12.1 Å². The van der Waals surface area contributed by atoms with E-state index >= 15 is 0 Å².